The molecule has 0 aliphatic carbocycles. The van der Waals surface area contributed by atoms with Gasteiger partial charge in [0.15, 0.2) is 0 Å². The van der Waals surface area contributed by atoms with E-state index >= 15 is 0 Å². The van der Waals surface area contributed by atoms with Gasteiger partial charge in [0.25, 0.3) is 0 Å². The van der Waals surface area contributed by atoms with Gasteiger partial charge < -0.3 is 29.1 Å². The molecule has 220 valence electrons. The zero-order valence-electron chi connectivity index (χ0n) is 23.3. The number of carbonyl (C=O) groups excluding carboxylic acids is 2. The van der Waals surface area contributed by atoms with E-state index in [-0.39, 0.29) is 31.3 Å². The van der Waals surface area contributed by atoms with Gasteiger partial charge in [-0.25, -0.2) is 0 Å². The predicted molar refractivity (Wildman–Crippen MR) is 168 cm³/mol. The Balaban J connectivity index is 1.70. The van der Waals surface area contributed by atoms with Gasteiger partial charge in [-0.2, -0.15) is 0 Å². The van der Waals surface area contributed by atoms with E-state index < -0.39 is 0 Å². The first-order valence-electron chi connectivity index (χ1n) is 13.3. The number of rotatable bonds is 10. The van der Waals surface area contributed by atoms with Gasteiger partial charge in [0.2, 0.25) is 0 Å². The van der Waals surface area contributed by atoms with Crippen LogP contribution in [0.5, 0.6) is 0 Å². The first-order valence-corrected chi connectivity index (χ1v) is 14.8. The van der Waals surface area contributed by atoms with E-state index in [1.807, 2.05) is 36.4 Å². The number of anilines is 4. The summed E-state index contributed by atoms with van der Waals surface area (Å²) in [6, 6.07) is 7.39. The van der Waals surface area contributed by atoms with E-state index in [4.69, 9.17) is 55.9 Å². The zero-order valence-corrected chi connectivity index (χ0v) is 26.3. The van der Waals surface area contributed by atoms with Crippen LogP contribution in [0.15, 0.2) is 48.3 Å². The van der Waals surface area contributed by atoms with Crippen LogP contribution in [-0.4, -0.2) is 57.5 Å². The number of nitrogens with zero attached hydrogens (tertiary/aromatic N) is 4. The summed E-state index contributed by atoms with van der Waals surface area (Å²) < 4.78 is 10.5. The number of allylic oxidation sites excluding steroid dienone is 2. The number of benzene rings is 2. The number of ether oxygens (including phenoxy) is 2. The van der Waals surface area contributed by atoms with Crippen molar-refractivity contribution in [3.8, 4) is 0 Å². The molecule has 2 aromatic carbocycles. The highest BCUT2D eigenvalue weighted by atomic mass is 35.5. The number of likely N-dealkylation sites (N-methyl/N-ethyl adjacent to an activating group) is 1. The van der Waals surface area contributed by atoms with E-state index in [2.05, 4.69) is 39.5 Å². The highest BCUT2D eigenvalue weighted by Crippen LogP contribution is 2.46. The van der Waals surface area contributed by atoms with Gasteiger partial charge in [0.1, 0.15) is 25.2 Å². The molecular weight excluding hydrogens is 610 g/mol. The van der Waals surface area contributed by atoms with Gasteiger partial charge in [0, 0.05) is 26.9 Å². The number of fused-ring (bicyclic) bond motifs is 2. The van der Waals surface area contributed by atoms with E-state index in [0.29, 0.717) is 46.3 Å². The summed E-state index contributed by atoms with van der Waals surface area (Å²) in [5, 5.41) is 1.83. The number of halogens is 4. The molecule has 0 saturated carbocycles. The van der Waals surface area contributed by atoms with Gasteiger partial charge in [-0.15, -0.1) is 0 Å². The van der Waals surface area contributed by atoms with Crippen molar-refractivity contribution in [1.82, 2.24) is 0 Å². The number of carbonyl (C=O) groups is 2. The molecule has 12 heteroatoms. The first kappa shape index (κ1) is 31.2. The molecule has 0 radical (unpaired) electrons. The smallest absolute Gasteiger partial charge is 0.302 e. The third-order valence-corrected chi connectivity index (χ3v) is 8.31. The Bertz CT molecular complexity index is 1380. The number of esters is 2. The number of hydrogen-bond acceptors (Lipinski definition) is 8. The van der Waals surface area contributed by atoms with E-state index in [0.717, 1.165) is 28.6 Å². The molecule has 41 heavy (non-hydrogen) atoms. The molecule has 0 bridgehead atoms. The van der Waals surface area contributed by atoms with Crippen LogP contribution >= 0.6 is 46.4 Å². The van der Waals surface area contributed by atoms with Crippen LogP contribution in [0.2, 0.25) is 20.1 Å². The van der Waals surface area contributed by atoms with E-state index in [1.165, 1.54) is 13.8 Å². The lowest BCUT2D eigenvalue weighted by Gasteiger charge is -2.30. The molecule has 2 aliphatic heterocycles. The van der Waals surface area contributed by atoms with Gasteiger partial charge >= 0.3 is 11.9 Å². The van der Waals surface area contributed by atoms with Crippen molar-refractivity contribution in [2.45, 2.75) is 33.9 Å². The van der Waals surface area contributed by atoms with Crippen molar-refractivity contribution < 1.29 is 19.1 Å². The molecule has 2 aromatic rings. The highest BCUT2D eigenvalue weighted by molar-refractivity contribution is 6.43. The molecule has 0 amide bonds. The maximum absolute atomic E-state index is 11.5. The fourth-order valence-electron chi connectivity index (χ4n) is 5.16. The average Bonchev–Trinajstić information content (AvgIpc) is 3.34. The summed E-state index contributed by atoms with van der Waals surface area (Å²) in [5.41, 5.74) is 3.65. The molecule has 1 atom stereocenters. The third-order valence-electron chi connectivity index (χ3n) is 6.87. The zero-order chi connectivity index (χ0) is 29.8. The van der Waals surface area contributed by atoms with Gasteiger partial charge in [0.05, 0.1) is 55.9 Å². The SMILES string of the molecule is CCN1/C(=C/C=C\[C@H]2N(CC)c3cc(Cl)c(Cl)cc3N2CCOC(C)=O)N(CCOC(C)=O)c2cc(Cl)c(Cl)cc21. The summed E-state index contributed by atoms with van der Waals surface area (Å²) in [7, 11) is 0. The lowest BCUT2D eigenvalue weighted by molar-refractivity contribution is -0.141. The Hall–Kier alpha value is -2.78. The second kappa shape index (κ2) is 13.5. The van der Waals surface area contributed by atoms with Crippen molar-refractivity contribution in [2.24, 2.45) is 0 Å². The van der Waals surface area contributed by atoms with Crippen molar-refractivity contribution in [2.75, 3.05) is 59.0 Å². The average molecular weight is 642 g/mol. The van der Waals surface area contributed by atoms with Crippen LogP contribution in [0.25, 0.3) is 0 Å². The minimum Gasteiger partial charge on any atom is -0.464 e. The molecule has 0 saturated heterocycles. The summed E-state index contributed by atoms with van der Waals surface area (Å²) >= 11 is 25.6. The quantitative estimate of drug-likeness (QED) is 0.254. The molecule has 2 heterocycles. The molecule has 2 aliphatic rings. The fraction of sp³-hybridized carbons (Fsp3) is 0.379. The normalized spacial score (nSPS) is 17.1. The molecule has 4 rings (SSSR count). The van der Waals surface area contributed by atoms with E-state index in [1.54, 1.807) is 0 Å². The third kappa shape index (κ3) is 6.67. The largest absolute Gasteiger partial charge is 0.464 e. The molecule has 0 aromatic heterocycles. The lowest BCUT2D eigenvalue weighted by atomic mass is 10.2. The minimum atomic E-state index is -0.342. The Morgan fingerprint density at radius 3 is 1.73 bits per heavy atom. The molecule has 0 unspecified atom stereocenters. The van der Waals surface area contributed by atoms with Crippen molar-refractivity contribution in [3.05, 3.63) is 68.4 Å². The van der Waals surface area contributed by atoms with Gasteiger partial charge in [-0.3, -0.25) is 9.59 Å². The molecule has 0 N–H and O–H groups in total. The molecule has 8 nitrogen and oxygen atoms in total. The fourth-order valence-corrected chi connectivity index (χ4v) is 5.80. The summed E-state index contributed by atoms with van der Waals surface area (Å²) in [6.45, 7) is 9.61. The van der Waals surface area contributed by atoms with E-state index in [9.17, 15) is 9.59 Å². The van der Waals surface area contributed by atoms with Crippen LogP contribution in [0, 0.1) is 0 Å². The monoisotopic (exact) mass is 640 g/mol. The Kier molecular flexibility index (Phi) is 10.2. The Labute approximate surface area is 260 Å². The topological polar surface area (TPSA) is 65.6 Å². The Morgan fingerprint density at radius 2 is 1.22 bits per heavy atom. The standard InChI is InChI=1S/C29H32Cl4N4O4/c1-5-34-24-14-20(30)22(32)16-26(24)36(10-12-40-18(3)38)28(34)8-7-9-29-35(6-2)25-15-21(31)23(33)17-27(25)37(29)11-13-41-19(4)39/h7-9,14-17,28H,5-6,10-13H2,1-4H3/b8-7-,29-9-/t28-/m0/s1. The van der Waals surface area contributed by atoms with Gasteiger partial charge in [-0.05, 0) is 50.3 Å². The maximum Gasteiger partial charge on any atom is 0.302 e. The second-order valence-corrected chi connectivity index (χ2v) is 11.0. The van der Waals surface area contributed by atoms with Crippen LogP contribution < -0.4 is 19.6 Å². The first-order chi connectivity index (χ1) is 19.6. The van der Waals surface area contributed by atoms with Crippen LogP contribution in [0.1, 0.15) is 27.7 Å². The maximum atomic E-state index is 11.5. The molecule has 0 fully saturated rings. The predicted octanol–water partition coefficient (Wildman–Crippen LogP) is 7.14. The van der Waals surface area contributed by atoms with Crippen molar-refractivity contribution in [3.63, 3.8) is 0 Å². The van der Waals surface area contributed by atoms with Crippen molar-refractivity contribution in [1.29, 1.82) is 0 Å². The second-order valence-electron chi connectivity index (χ2n) is 9.39. The highest BCUT2D eigenvalue weighted by Gasteiger charge is 2.35. The summed E-state index contributed by atoms with van der Waals surface area (Å²) in [4.78, 5) is 31.4. The Morgan fingerprint density at radius 1 is 0.732 bits per heavy atom. The minimum absolute atomic E-state index is 0.186. The molecular formula is C29H32Cl4N4O4. The van der Waals surface area contributed by atoms with Gasteiger partial charge in [-0.1, -0.05) is 52.5 Å². The number of hydrogen-bond donors (Lipinski definition) is 0. The van der Waals surface area contributed by atoms with Crippen molar-refractivity contribution >= 4 is 81.1 Å². The molecule has 0 spiro atoms. The van der Waals surface area contributed by atoms with Crippen LogP contribution in [0.4, 0.5) is 22.7 Å². The lowest BCUT2D eigenvalue weighted by Crippen LogP contribution is -2.43. The summed E-state index contributed by atoms with van der Waals surface area (Å²) in [5.74, 6) is 0.212. The van der Waals surface area contributed by atoms with Crippen LogP contribution in [-0.2, 0) is 19.1 Å². The van der Waals surface area contributed by atoms with Crippen LogP contribution in [0.3, 0.4) is 0 Å². The summed E-state index contributed by atoms with van der Waals surface area (Å²) in [6.07, 6.45) is 5.90.